The van der Waals surface area contributed by atoms with E-state index in [1.54, 1.807) is 0 Å². The maximum atomic E-state index is 13.0. The molecule has 2 aliphatic heterocycles. The quantitative estimate of drug-likeness (QED) is 0.775. The van der Waals surface area contributed by atoms with Crippen LogP contribution in [0.4, 0.5) is 0 Å². The van der Waals surface area contributed by atoms with Crippen LogP contribution in [0.15, 0.2) is 0 Å². The molecule has 2 heterocycles. The molecule has 0 aromatic heterocycles. The van der Waals surface area contributed by atoms with Crippen molar-refractivity contribution in [3.05, 3.63) is 0 Å². The van der Waals surface area contributed by atoms with E-state index in [0.29, 0.717) is 11.8 Å². The molecule has 2 N–H and O–H groups in total. The standard InChI is InChI=1S/C17H33N3O2/c1-4-14(5-2)16(20-8-10-22-11-9-20)17(21)19-15-12-18-7-6-13(15)3/h13-16,18H,4-12H2,1-3H3,(H,19,21). The zero-order chi connectivity index (χ0) is 15.9. The molecule has 0 aromatic carbocycles. The molecule has 2 saturated heterocycles. The Morgan fingerprint density at radius 1 is 1.32 bits per heavy atom. The van der Waals surface area contributed by atoms with Gasteiger partial charge in [0.2, 0.25) is 5.91 Å². The van der Waals surface area contributed by atoms with Gasteiger partial charge in [-0.2, -0.15) is 0 Å². The van der Waals surface area contributed by atoms with E-state index in [1.165, 1.54) is 0 Å². The highest BCUT2D eigenvalue weighted by molar-refractivity contribution is 5.82. The molecule has 5 nitrogen and oxygen atoms in total. The molecule has 2 fully saturated rings. The summed E-state index contributed by atoms with van der Waals surface area (Å²) in [5.41, 5.74) is 0. The lowest BCUT2D eigenvalue weighted by atomic mass is 9.90. The number of hydrogen-bond acceptors (Lipinski definition) is 4. The zero-order valence-electron chi connectivity index (χ0n) is 14.4. The SMILES string of the molecule is CCC(CC)C(C(=O)NC1CNCCC1C)N1CCOCC1. The molecule has 22 heavy (non-hydrogen) atoms. The van der Waals surface area contributed by atoms with E-state index < -0.39 is 0 Å². The predicted molar refractivity (Wildman–Crippen MR) is 88.8 cm³/mol. The topological polar surface area (TPSA) is 53.6 Å². The first-order valence-corrected chi connectivity index (χ1v) is 9.00. The summed E-state index contributed by atoms with van der Waals surface area (Å²) in [6.45, 7) is 11.8. The number of rotatable bonds is 6. The van der Waals surface area contributed by atoms with Crippen molar-refractivity contribution in [1.29, 1.82) is 0 Å². The molecule has 3 unspecified atom stereocenters. The van der Waals surface area contributed by atoms with E-state index in [2.05, 4.69) is 36.3 Å². The van der Waals surface area contributed by atoms with Crippen molar-refractivity contribution < 1.29 is 9.53 Å². The normalized spacial score (nSPS) is 28.5. The summed E-state index contributed by atoms with van der Waals surface area (Å²) in [5.74, 6) is 1.19. The van der Waals surface area contributed by atoms with Crippen LogP contribution in [-0.2, 0) is 9.53 Å². The Morgan fingerprint density at radius 2 is 2.00 bits per heavy atom. The maximum absolute atomic E-state index is 13.0. The Hall–Kier alpha value is -0.650. The highest BCUT2D eigenvalue weighted by Crippen LogP contribution is 2.21. The minimum Gasteiger partial charge on any atom is -0.379 e. The van der Waals surface area contributed by atoms with Crippen molar-refractivity contribution in [3.8, 4) is 0 Å². The molecule has 0 aromatic rings. The molecule has 1 amide bonds. The van der Waals surface area contributed by atoms with E-state index >= 15 is 0 Å². The molecule has 3 atom stereocenters. The Bertz CT molecular complexity index is 341. The number of morpholine rings is 1. The average molecular weight is 311 g/mol. The second kappa shape index (κ2) is 8.85. The van der Waals surface area contributed by atoms with Gasteiger partial charge in [-0.3, -0.25) is 9.69 Å². The molecule has 128 valence electrons. The van der Waals surface area contributed by atoms with E-state index in [0.717, 1.165) is 58.7 Å². The van der Waals surface area contributed by atoms with Gasteiger partial charge in [0.25, 0.3) is 0 Å². The number of hydrogen-bond donors (Lipinski definition) is 2. The number of carbonyl (C=O) groups excluding carboxylic acids is 1. The van der Waals surface area contributed by atoms with Crippen LogP contribution in [0.25, 0.3) is 0 Å². The molecule has 0 spiro atoms. The number of piperidine rings is 1. The number of nitrogens with one attached hydrogen (secondary N) is 2. The van der Waals surface area contributed by atoms with Crippen molar-refractivity contribution in [2.24, 2.45) is 11.8 Å². The van der Waals surface area contributed by atoms with Gasteiger partial charge in [0.15, 0.2) is 0 Å². The lowest BCUT2D eigenvalue weighted by molar-refractivity contribution is -0.132. The molecule has 2 rings (SSSR count). The van der Waals surface area contributed by atoms with Crippen LogP contribution in [0.1, 0.15) is 40.0 Å². The fourth-order valence-electron chi connectivity index (χ4n) is 3.72. The minimum atomic E-state index is -0.00646. The van der Waals surface area contributed by atoms with Crippen LogP contribution < -0.4 is 10.6 Å². The van der Waals surface area contributed by atoms with Crippen molar-refractivity contribution in [2.45, 2.75) is 52.1 Å². The third kappa shape index (κ3) is 4.43. The van der Waals surface area contributed by atoms with Gasteiger partial charge < -0.3 is 15.4 Å². The van der Waals surface area contributed by atoms with Crippen LogP contribution in [0.3, 0.4) is 0 Å². The third-order valence-corrected chi connectivity index (χ3v) is 5.36. The van der Waals surface area contributed by atoms with E-state index in [4.69, 9.17) is 4.74 Å². The number of carbonyl (C=O) groups is 1. The van der Waals surface area contributed by atoms with Gasteiger partial charge in [-0.15, -0.1) is 0 Å². The predicted octanol–water partition coefficient (Wildman–Crippen LogP) is 1.24. The Balaban J connectivity index is 2.03. The fourth-order valence-corrected chi connectivity index (χ4v) is 3.72. The van der Waals surface area contributed by atoms with Crippen LogP contribution >= 0.6 is 0 Å². The lowest BCUT2D eigenvalue weighted by Crippen LogP contribution is -2.59. The van der Waals surface area contributed by atoms with Gasteiger partial charge in [0.05, 0.1) is 19.3 Å². The van der Waals surface area contributed by atoms with Gasteiger partial charge in [0.1, 0.15) is 0 Å². The summed E-state index contributed by atoms with van der Waals surface area (Å²) < 4.78 is 5.46. The molecule has 2 aliphatic rings. The highest BCUT2D eigenvalue weighted by atomic mass is 16.5. The van der Waals surface area contributed by atoms with Crippen LogP contribution in [-0.4, -0.2) is 62.3 Å². The molecule has 0 saturated carbocycles. The molecular weight excluding hydrogens is 278 g/mol. The van der Waals surface area contributed by atoms with Gasteiger partial charge in [0, 0.05) is 25.7 Å². The zero-order valence-corrected chi connectivity index (χ0v) is 14.4. The van der Waals surface area contributed by atoms with Gasteiger partial charge in [-0.25, -0.2) is 0 Å². The monoisotopic (exact) mass is 311 g/mol. The molecule has 0 bridgehead atoms. The fraction of sp³-hybridized carbons (Fsp3) is 0.941. The molecule has 5 heteroatoms. The van der Waals surface area contributed by atoms with Gasteiger partial charge in [-0.05, 0) is 24.8 Å². The minimum absolute atomic E-state index is 0.00646. The Labute approximate surface area is 135 Å². The van der Waals surface area contributed by atoms with E-state index in [1.807, 2.05) is 0 Å². The summed E-state index contributed by atoms with van der Waals surface area (Å²) in [6, 6.07) is 0.257. The third-order valence-electron chi connectivity index (χ3n) is 5.36. The second-order valence-electron chi connectivity index (χ2n) is 6.75. The summed E-state index contributed by atoms with van der Waals surface area (Å²) >= 11 is 0. The average Bonchev–Trinajstić information content (AvgIpc) is 2.55. The number of amides is 1. The summed E-state index contributed by atoms with van der Waals surface area (Å²) in [5, 5.41) is 6.73. The first-order chi connectivity index (χ1) is 10.7. The van der Waals surface area contributed by atoms with E-state index in [9.17, 15) is 4.79 Å². The maximum Gasteiger partial charge on any atom is 0.237 e. The van der Waals surface area contributed by atoms with Gasteiger partial charge in [-0.1, -0.05) is 33.6 Å². The summed E-state index contributed by atoms with van der Waals surface area (Å²) in [6.07, 6.45) is 3.23. The van der Waals surface area contributed by atoms with Crippen LogP contribution in [0.2, 0.25) is 0 Å². The molecule has 0 aliphatic carbocycles. The summed E-state index contributed by atoms with van der Waals surface area (Å²) in [4.78, 5) is 15.3. The highest BCUT2D eigenvalue weighted by Gasteiger charge is 2.34. The van der Waals surface area contributed by atoms with Crippen LogP contribution in [0, 0.1) is 11.8 Å². The first kappa shape index (κ1) is 17.7. The Kier molecular flexibility index (Phi) is 7.12. The van der Waals surface area contributed by atoms with Gasteiger partial charge >= 0.3 is 0 Å². The van der Waals surface area contributed by atoms with Crippen molar-refractivity contribution in [3.63, 3.8) is 0 Å². The van der Waals surface area contributed by atoms with Crippen molar-refractivity contribution in [1.82, 2.24) is 15.5 Å². The number of nitrogens with zero attached hydrogens (tertiary/aromatic N) is 1. The number of ether oxygens (including phenoxy) is 1. The molecule has 0 radical (unpaired) electrons. The van der Waals surface area contributed by atoms with Crippen molar-refractivity contribution in [2.75, 3.05) is 39.4 Å². The first-order valence-electron chi connectivity index (χ1n) is 9.00. The smallest absolute Gasteiger partial charge is 0.237 e. The largest absolute Gasteiger partial charge is 0.379 e. The summed E-state index contributed by atoms with van der Waals surface area (Å²) in [7, 11) is 0. The van der Waals surface area contributed by atoms with Crippen molar-refractivity contribution >= 4 is 5.91 Å². The lowest BCUT2D eigenvalue weighted by Gasteiger charge is -2.39. The van der Waals surface area contributed by atoms with Crippen LogP contribution in [0.5, 0.6) is 0 Å². The van der Waals surface area contributed by atoms with E-state index in [-0.39, 0.29) is 18.0 Å². The second-order valence-corrected chi connectivity index (χ2v) is 6.75. The Morgan fingerprint density at radius 3 is 2.59 bits per heavy atom. The molecular formula is C17H33N3O2.